The van der Waals surface area contributed by atoms with Crippen LogP contribution < -0.4 is 10.1 Å². The molecule has 1 aromatic carbocycles. The van der Waals surface area contributed by atoms with Gasteiger partial charge in [0.1, 0.15) is 5.75 Å². The first kappa shape index (κ1) is 7.22. The summed E-state index contributed by atoms with van der Waals surface area (Å²) >= 11 is 0. The third-order valence-electron chi connectivity index (χ3n) is 1.90. The normalized spacial score (nSPS) is 13.3. The van der Waals surface area contributed by atoms with Gasteiger partial charge in [-0.1, -0.05) is 0 Å². The Bertz CT molecular complexity index is 342. The first-order chi connectivity index (χ1) is 5.79. The van der Waals surface area contributed by atoms with Crippen LogP contribution in [0.5, 0.6) is 5.75 Å². The molecule has 12 heavy (non-hydrogen) atoms. The Morgan fingerprint density at radius 1 is 1.33 bits per heavy atom. The molecule has 0 unspecified atom stereocenters. The number of fused-ring (bicyclic) bond motifs is 1. The molecule has 0 fully saturated rings. The molecule has 1 aliphatic heterocycles. The smallest absolute Gasteiger partial charge is 0.119 e. The van der Waals surface area contributed by atoms with Crippen LogP contribution in [-0.2, 0) is 0 Å². The van der Waals surface area contributed by atoms with E-state index in [1.54, 1.807) is 7.11 Å². The highest BCUT2D eigenvalue weighted by molar-refractivity contribution is 5.72. The number of nitrogens with zero attached hydrogens (tertiary/aromatic N) is 1. The summed E-state index contributed by atoms with van der Waals surface area (Å²) in [6.07, 6.45) is 2.05. The lowest BCUT2D eigenvalue weighted by Gasteiger charge is -2.01. The molecule has 1 radical (unpaired) electrons. The summed E-state index contributed by atoms with van der Waals surface area (Å²) in [5.74, 6) is 0.884. The Morgan fingerprint density at radius 3 is 2.92 bits per heavy atom. The SMILES string of the molecule is COc1ccc2c(c1)C=C(C)[N]2. The van der Waals surface area contributed by atoms with E-state index in [0.717, 1.165) is 22.7 Å². The summed E-state index contributed by atoms with van der Waals surface area (Å²) in [7, 11) is 1.67. The summed E-state index contributed by atoms with van der Waals surface area (Å²) in [5, 5.41) is 4.33. The van der Waals surface area contributed by atoms with Gasteiger partial charge in [-0.15, -0.1) is 0 Å². The average Bonchev–Trinajstić information content (AvgIpc) is 2.43. The second kappa shape index (κ2) is 2.55. The third kappa shape index (κ3) is 1.05. The van der Waals surface area contributed by atoms with Gasteiger partial charge in [0.15, 0.2) is 0 Å². The van der Waals surface area contributed by atoms with Gasteiger partial charge < -0.3 is 4.74 Å². The lowest BCUT2D eigenvalue weighted by molar-refractivity contribution is 0.415. The zero-order chi connectivity index (χ0) is 8.55. The van der Waals surface area contributed by atoms with Crippen molar-refractivity contribution in [1.29, 1.82) is 0 Å². The molecule has 1 aliphatic rings. The van der Waals surface area contributed by atoms with Crippen LogP contribution in [0.1, 0.15) is 12.5 Å². The van der Waals surface area contributed by atoms with E-state index < -0.39 is 0 Å². The van der Waals surface area contributed by atoms with E-state index in [1.165, 1.54) is 0 Å². The van der Waals surface area contributed by atoms with E-state index in [2.05, 4.69) is 11.4 Å². The zero-order valence-corrected chi connectivity index (χ0v) is 7.16. The van der Waals surface area contributed by atoms with Crippen LogP contribution in [-0.4, -0.2) is 7.11 Å². The van der Waals surface area contributed by atoms with Crippen molar-refractivity contribution in [3.05, 3.63) is 29.5 Å². The van der Waals surface area contributed by atoms with Crippen molar-refractivity contribution in [2.75, 3.05) is 7.11 Å². The van der Waals surface area contributed by atoms with Gasteiger partial charge in [0, 0.05) is 11.3 Å². The van der Waals surface area contributed by atoms with Crippen LogP contribution in [0.4, 0.5) is 5.69 Å². The van der Waals surface area contributed by atoms with Gasteiger partial charge in [-0.3, -0.25) is 5.32 Å². The highest BCUT2D eigenvalue weighted by Crippen LogP contribution is 2.29. The fourth-order valence-corrected chi connectivity index (χ4v) is 1.32. The minimum absolute atomic E-state index is 0.884. The number of rotatable bonds is 1. The molecule has 0 atom stereocenters. The number of allylic oxidation sites excluding steroid dienone is 1. The molecule has 2 heteroatoms. The summed E-state index contributed by atoms with van der Waals surface area (Å²) in [5.41, 5.74) is 3.23. The highest BCUT2D eigenvalue weighted by Gasteiger charge is 2.10. The van der Waals surface area contributed by atoms with E-state index in [-0.39, 0.29) is 0 Å². The van der Waals surface area contributed by atoms with E-state index in [0.29, 0.717) is 0 Å². The summed E-state index contributed by atoms with van der Waals surface area (Å²) in [6, 6.07) is 5.89. The van der Waals surface area contributed by atoms with Gasteiger partial charge in [0.05, 0.1) is 12.8 Å². The molecule has 0 saturated carbocycles. The molecule has 0 aliphatic carbocycles. The molecule has 0 N–H and O–H groups in total. The number of methoxy groups -OCH3 is 1. The predicted molar refractivity (Wildman–Crippen MR) is 48.4 cm³/mol. The topological polar surface area (TPSA) is 23.3 Å². The second-order valence-electron chi connectivity index (χ2n) is 2.82. The maximum Gasteiger partial charge on any atom is 0.119 e. The Balaban J connectivity index is 2.45. The maximum absolute atomic E-state index is 5.10. The van der Waals surface area contributed by atoms with Crippen LogP contribution >= 0.6 is 0 Å². The van der Waals surface area contributed by atoms with Crippen LogP contribution in [0, 0.1) is 0 Å². The van der Waals surface area contributed by atoms with E-state index >= 15 is 0 Å². The van der Waals surface area contributed by atoms with Crippen LogP contribution in [0.3, 0.4) is 0 Å². The van der Waals surface area contributed by atoms with Crippen molar-refractivity contribution in [3.63, 3.8) is 0 Å². The molecule has 1 heterocycles. The Labute approximate surface area is 71.9 Å². The van der Waals surface area contributed by atoms with Crippen molar-refractivity contribution in [2.24, 2.45) is 0 Å². The molecule has 61 valence electrons. The standard InChI is InChI=1S/C10H10NO/c1-7-5-8-6-9(12-2)3-4-10(8)11-7/h3-6H,1-2H3. The minimum Gasteiger partial charge on any atom is -0.497 e. The molecular weight excluding hydrogens is 150 g/mol. The number of hydrogen-bond acceptors (Lipinski definition) is 1. The summed E-state index contributed by atoms with van der Waals surface area (Å²) in [6.45, 7) is 1.99. The van der Waals surface area contributed by atoms with Crippen molar-refractivity contribution in [1.82, 2.24) is 5.32 Å². The quantitative estimate of drug-likeness (QED) is 0.618. The largest absolute Gasteiger partial charge is 0.497 e. The lowest BCUT2D eigenvalue weighted by Crippen LogP contribution is -1.88. The molecule has 0 saturated heterocycles. The molecule has 1 aromatic rings. The molecule has 0 aromatic heterocycles. The van der Waals surface area contributed by atoms with Crippen LogP contribution in [0.25, 0.3) is 6.08 Å². The first-order valence-electron chi connectivity index (χ1n) is 3.87. The Morgan fingerprint density at radius 2 is 2.17 bits per heavy atom. The van der Waals surface area contributed by atoms with Gasteiger partial charge in [0.25, 0.3) is 0 Å². The van der Waals surface area contributed by atoms with Crippen molar-refractivity contribution < 1.29 is 4.74 Å². The van der Waals surface area contributed by atoms with Crippen molar-refractivity contribution in [2.45, 2.75) is 6.92 Å². The van der Waals surface area contributed by atoms with Crippen LogP contribution in [0.15, 0.2) is 23.9 Å². The fourth-order valence-electron chi connectivity index (χ4n) is 1.32. The lowest BCUT2D eigenvalue weighted by atomic mass is 10.2. The average molecular weight is 160 g/mol. The first-order valence-corrected chi connectivity index (χ1v) is 3.87. The Hall–Kier alpha value is -1.44. The molecule has 2 rings (SSSR count). The molecule has 0 spiro atoms. The van der Waals surface area contributed by atoms with Crippen LogP contribution in [0.2, 0.25) is 0 Å². The van der Waals surface area contributed by atoms with Gasteiger partial charge in [-0.2, -0.15) is 0 Å². The number of hydrogen-bond donors (Lipinski definition) is 0. The molecular formula is C10H10NO. The third-order valence-corrected chi connectivity index (χ3v) is 1.90. The summed E-state index contributed by atoms with van der Waals surface area (Å²) in [4.78, 5) is 0. The van der Waals surface area contributed by atoms with Gasteiger partial charge in [-0.05, 0) is 31.2 Å². The molecule has 0 bridgehead atoms. The number of benzene rings is 1. The maximum atomic E-state index is 5.10. The fraction of sp³-hybridized carbons (Fsp3) is 0.200. The number of ether oxygens (including phenoxy) is 1. The van der Waals surface area contributed by atoms with Crippen molar-refractivity contribution >= 4 is 11.8 Å². The minimum atomic E-state index is 0.884. The second-order valence-corrected chi connectivity index (χ2v) is 2.82. The van der Waals surface area contributed by atoms with E-state index in [9.17, 15) is 0 Å². The van der Waals surface area contributed by atoms with Gasteiger partial charge in [0.2, 0.25) is 0 Å². The van der Waals surface area contributed by atoms with Crippen molar-refractivity contribution in [3.8, 4) is 5.75 Å². The van der Waals surface area contributed by atoms with Gasteiger partial charge in [-0.25, -0.2) is 0 Å². The van der Waals surface area contributed by atoms with E-state index in [4.69, 9.17) is 4.74 Å². The zero-order valence-electron chi connectivity index (χ0n) is 7.16. The summed E-state index contributed by atoms with van der Waals surface area (Å²) < 4.78 is 5.10. The van der Waals surface area contributed by atoms with E-state index in [1.807, 2.05) is 25.1 Å². The Kier molecular flexibility index (Phi) is 1.54. The molecule has 0 amide bonds. The monoisotopic (exact) mass is 160 g/mol. The highest BCUT2D eigenvalue weighted by atomic mass is 16.5. The van der Waals surface area contributed by atoms with Gasteiger partial charge >= 0.3 is 0 Å². The molecule has 2 nitrogen and oxygen atoms in total. The predicted octanol–water partition coefficient (Wildman–Crippen LogP) is 2.31.